The molecule has 1 aliphatic rings. The average molecular weight is 264 g/mol. The Morgan fingerprint density at radius 3 is 2.84 bits per heavy atom. The summed E-state index contributed by atoms with van der Waals surface area (Å²) in [5.41, 5.74) is 6.94. The van der Waals surface area contributed by atoms with Crippen molar-refractivity contribution < 1.29 is 9.53 Å². The summed E-state index contributed by atoms with van der Waals surface area (Å²) in [4.78, 5) is 22.1. The third kappa shape index (κ3) is 2.94. The van der Waals surface area contributed by atoms with E-state index in [1.54, 1.807) is 11.1 Å². The van der Waals surface area contributed by atoms with Crippen LogP contribution in [0.3, 0.4) is 0 Å². The number of amides is 1. The lowest BCUT2D eigenvalue weighted by Crippen LogP contribution is -2.42. The van der Waals surface area contributed by atoms with Gasteiger partial charge < -0.3 is 15.4 Å². The third-order valence-corrected chi connectivity index (χ3v) is 3.05. The molecule has 2 N–H and O–H groups in total. The van der Waals surface area contributed by atoms with E-state index >= 15 is 0 Å². The number of hydrogen-bond acceptors (Lipinski definition) is 5. The van der Waals surface area contributed by atoms with Crippen molar-refractivity contribution in [3.8, 4) is 0 Å². The Morgan fingerprint density at radius 1 is 1.53 bits per heavy atom. The van der Waals surface area contributed by atoms with Crippen LogP contribution >= 0.6 is 0 Å². The summed E-state index contributed by atoms with van der Waals surface area (Å²) < 4.78 is 5.41. The normalized spacial score (nSPS) is 18.9. The van der Waals surface area contributed by atoms with Crippen LogP contribution in [-0.4, -0.2) is 33.1 Å². The fourth-order valence-corrected chi connectivity index (χ4v) is 2.15. The first-order valence-electron chi connectivity index (χ1n) is 6.39. The lowest BCUT2D eigenvalue weighted by Gasteiger charge is -2.35. The zero-order valence-corrected chi connectivity index (χ0v) is 11.8. The summed E-state index contributed by atoms with van der Waals surface area (Å²) >= 11 is 0. The van der Waals surface area contributed by atoms with E-state index in [1.807, 2.05) is 27.7 Å². The molecule has 6 heteroatoms. The molecular weight excluding hydrogens is 244 g/mol. The Balaban J connectivity index is 2.19. The van der Waals surface area contributed by atoms with E-state index in [0.29, 0.717) is 13.0 Å². The summed E-state index contributed by atoms with van der Waals surface area (Å²) in [5.74, 6) is 0.275. The van der Waals surface area contributed by atoms with Crippen molar-refractivity contribution in [2.24, 2.45) is 0 Å². The van der Waals surface area contributed by atoms with Gasteiger partial charge in [-0.3, -0.25) is 0 Å². The van der Waals surface area contributed by atoms with E-state index in [9.17, 15) is 4.79 Å². The predicted octanol–water partition coefficient (Wildman–Crippen LogP) is 1.91. The minimum absolute atomic E-state index is 0.0980. The molecule has 0 aliphatic carbocycles. The zero-order chi connectivity index (χ0) is 14.2. The first-order valence-corrected chi connectivity index (χ1v) is 6.39. The monoisotopic (exact) mass is 264 g/mol. The molecule has 0 bridgehead atoms. The number of ether oxygens (including phenoxy) is 1. The molecule has 1 aromatic heterocycles. The summed E-state index contributed by atoms with van der Waals surface area (Å²) in [6.07, 6.45) is 2.06. The van der Waals surface area contributed by atoms with E-state index in [4.69, 9.17) is 10.5 Å². The standard InChI is InChI=1S/C13H20N4O2/c1-8-9-7-15-11(14)16-10(9)5-6-17(8)12(18)19-13(2,3)4/h7-8H,5-6H2,1-4H3,(H2,14,15,16). The van der Waals surface area contributed by atoms with Crippen LogP contribution in [0.1, 0.15) is 45.0 Å². The fourth-order valence-electron chi connectivity index (χ4n) is 2.15. The van der Waals surface area contributed by atoms with Gasteiger partial charge in [-0.15, -0.1) is 0 Å². The molecule has 1 aliphatic heterocycles. The molecule has 1 aromatic rings. The number of nitrogens with zero attached hydrogens (tertiary/aromatic N) is 3. The first kappa shape index (κ1) is 13.6. The molecule has 0 spiro atoms. The molecule has 19 heavy (non-hydrogen) atoms. The highest BCUT2D eigenvalue weighted by Gasteiger charge is 2.31. The summed E-state index contributed by atoms with van der Waals surface area (Å²) in [6.45, 7) is 8.10. The molecule has 0 saturated heterocycles. The smallest absolute Gasteiger partial charge is 0.410 e. The van der Waals surface area contributed by atoms with Gasteiger partial charge in [0.2, 0.25) is 5.95 Å². The molecule has 1 amide bonds. The van der Waals surface area contributed by atoms with E-state index < -0.39 is 5.60 Å². The van der Waals surface area contributed by atoms with E-state index in [-0.39, 0.29) is 18.1 Å². The topological polar surface area (TPSA) is 81.3 Å². The largest absolute Gasteiger partial charge is 0.444 e. The van der Waals surface area contributed by atoms with Crippen molar-refractivity contribution in [1.82, 2.24) is 14.9 Å². The van der Waals surface area contributed by atoms with Crippen LogP contribution < -0.4 is 5.73 Å². The second-order valence-electron chi connectivity index (χ2n) is 5.73. The summed E-state index contributed by atoms with van der Waals surface area (Å²) in [5, 5.41) is 0. The van der Waals surface area contributed by atoms with Crippen molar-refractivity contribution >= 4 is 12.0 Å². The van der Waals surface area contributed by atoms with Crippen LogP contribution in [0.15, 0.2) is 6.20 Å². The van der Waals surface area contributed by atoms with Gasteiger partial charge in [-0.1, -0.05) is 0 Å². The van der Waals surface area contributed by atoms with Gasteiger partial charge in [-0.2, -0.15) is 0 Å². The highest BCUT2D eigenvalue weighted by Crippen LogP contribution is 2.29. The molecule has 6 nitrogen and oxygen atoms in total. The van der Waals surface area contributed by atoms with E-state index in [0.717, 1.165) is 11.3 Å². The molecule has 2 heterocycles. The minimum atomic E-state index is -0.491. The number of rotatable bonds is 0. The Labute approximate surface area is 113 Å². The Hall–Kier alpha value is -1.85. The molecule has 1 unspecified atom stereocenters. The quantitative estimate of drug-likeness (QED) is 0.774. The van der Waals surface area contributed by atoms with Crippen molar-refractivity contribution in [3.63, 3.8) is 0 Å². The third-order valence-electron chi connectivity index (χ3n) is 3.05. The number of carbonyl (C=O) groups excluding carboxylic acids is 1. The van der Waals surface area contributed by atoms with Gasteiger partial charge in [0, 0.05) is 24.7 Å². The number of nitrogen functional groups attached to an aromatic ring is 1. The molecule has 0 saturated carbocycles. The van der Waals surface area contributed by atoms with Gasteiger partial charge in [0.15, 0.2) is 0 Å². The van der Waals surface area contributed by atoms with Crippen LogP contribution in [0.5, 0.6) is 0 Å². The maximum atomic E-state index is 12.1. The highest BCUT2D eigenvalue weighted by atomic mass is 16.6. The van der Waals surface area contributed by atoms with Crippen LogP contribution in [0, 0.1) is 0 Å². The molecule has 0 aromatic carbocycles. The number of carbonyl (C=O) groups is 1. The maximum absolute atomic E-state index is 12.1. The Bertz CT molecular complexity index is 496. The van der Waals surface area contributed by atoms with Gasteiger partial charge >= 0.3 is 6.09 Å². The van der Waals surface area contributed by atoms with Gasteiger partial charge in [-0.25, -0.2) is 14.8 Å². The van der Waals surface area contributed by atoms with Crippen LogP contribution in [-0.2, 0) is 11.2 Å². The van der Waals surface area contributed by atoms with Gasteiger partial charge in [0.1, 0.15) is 5.60 Å². The van der Waals surface area contributed by atoms with E-state index in [2.05, 4.69) is 9.97 Å². The summed E-state index contributed by atoms with van der Waals surface area (Å²) in [7, 11) is 0. The van der Waals surface area contributed by atoms with Crippen molar-refractivity contribution in [2.45, 2.75) is 45.8 Å². The van der Waals surface area contributed by atoms with Gasteiger partial charge in [0.25, 0.3) is 0 Å². The molecule has 1 atom stereocenters. The predicted molar refractivity (Wildman–Crippen MR) is 71.5 cm³/mol. The first-order chi connectivity index (χ1) is 8.78. The van der Waals surface area contributed by atoms with Crippen LogP contribution in [0.4, 0.5) is 10.7 Å². The number of aromatic nitrogens is 2. The molecular formula is C13H20N4O2. The van der Waals surface area contributed by atoms with Crippen molar-refractivity contribution in [1.29, 1.82) is 0 Å². The van der Waals surface area contributed by atoms with E-state index in [1.165, 1.54) is 0 Å². The fraction of sp³-hybridized carbons (Fsp3) is 0.615. The van der Waals surface area contributed by atoms with Gasteiger partial charge in [0.05, 0.1) is 11.7 Å². The average Bonchev–Trinajstić information content (AvgIpc) is 2.26. The van der Waals surface area contributed by atoms with Gasteiger partial charge in [-0.05, 0) is 27.7 Å². The number of nitrogens with two attached hydrogens (primary N) is 1. The zero-order valence-electron chi connectivity index (χ0n) is 11.8. The molecule has 0 radical (unpaired) electrons. The maximum Gasteiger partial charge on any atom is 0.410 e. The number of hydrogen-bond donors (Lipinski definition) is 1. The number of fused-ring (bicyclic) bond motifs is 1. The second kappa shape index (κ2) is 4.68. The highest BCUT2D eigenvalue weighted by molar-refractivity contribution is 5.69. The molecule has 104 valence electrons. The lowest BCUT2D eigenvalue weighted by molar-refractivity contribution is 0.0158. The SMILES string of the molecule is CC1c2cnc(N)nc2CCN1C(=O)OC(C)(C)C. The lowest BCUT2D eigenvalue weighted by atomic mass is 10.0. The summed E-state index contributed by atoms with van der Waals surface area (Å²) in [6, 6.07) is -0.0980. The van der Waals surface area contributed by atoms with Crippen LogP contribution in [0.25, 0.3) is 0 Å². The number of anilines is 1. The van der Waals surface area contributed by atoms with Crippen molar-refractivity contribution in [2.75, 3.05) is 12.3 Å². The Morgan fingerprint density at radius 2 is 2.21 bits per heavy atom. The minimum Gasteiger partial charge on any atom is -0.444 e. The second-order valence-corrected chi connectivity index (χ2v) is 5.73. The van der Waals surface area contributed by atoms with Crippen LogP contribution in [0.2, 0.25) is 0 Å². The Kier molecular flexibility index (Phi) is 3.34. The van der Waals surface area contributed by atoms with Crippen molar-refractivity contribution in [3.05, 3.63) is 17.5 Å². The molecule has 0 fully saturated rings. The molecule has 2 rings (SSSR count).